The molecule has 1 aromatic rings. The van der Waals surface area contributed by atoms with E-state index >= 15 is 0 Å². The molecule has 5 nitrogen and oxygen atoms in total. The van der Waals surface area contributed by atoms with E-state index in [-0.39, 0.29) is 17.6 Å². The summed E-state index contributed by atoms with van der Waals surface area (Å²) in [4.78, 5) is 14.6. The van der Waals surface area contributed by atoms with Gasteiger partial charge in [0.2, 0.25) is 5.91 Å². The van der Waals surface area contributed by atoms with Crippen molar-refractivity contribution in [1.29, 1.82) is 0 Å². The van der Waals surface area contributed by atoms with Gasteiger partial charge < -0.3 is 9.08 Å². The molecule has 2 aliphatic carbocycles. The number of rotatable bonds is 8. The molecule has 132 valence electrons. The highest BCUT2D eigenvalue weighted by molar-refractivity contribution is 7.87. The minimum absolute atomic E-state index is 0.0753. The molecule has 24 heavy (non-hydrogen) atoms. The second-order valence-electron chi connectivity index (χ2n) is 6.83. The first-order valence-electron chi connectivity index (χ1n) is 8.77. The normalized spacial score (nSPS) is 18.0. The minimum atomic E-state index is -3.58. The lowest BCUT2D eigenvalue weighted by Crippen LogP contribution is -2.39. The van der Waals surface area contributed by atoms with Crippen LogP contribution in [0.2, 0.25) is 0 Å². The van der Waals surface area contributed by atoms with Gasteiger partial charge >= 0.3 is 10.1 Å². The van der Waals surface area contributed by atoms with Gasteiger partial charge in [0.05, 0.1) is 5.75 Å². The van der Waals surface area contributed by atoms with E-state index in [1.807, 2.05) is 17.0 Å². The zero-order valence-corrected chi connectivity index (χ0v) is 14.9. The summed E-state index contributed by atoms with van der Waals surface area (Å²) in [6, 6.07) is 7.10. The molecule has 6 heteroatoms. The zero-order valence-electron chi connectivity index (χ0n) is 14.1. The average molecular weight is 351 g/mol. The van der Waals surface area contributed by atoms with Crippen LogP contribution in [0.15, 0.2) is 24.3 Å². The Morgan fingerprint density at radius 1 is 1.21 bits per heavy atom. The lowest BCUT2D eigenvalue weighted by Gasteiger charge is -2.32. The lowest BCUT2D eigenvalue weighted by molar-refractivity contribution is -0.139. The Bertz CT molecular complexity index is 693. The molecule has 0 N–H and O–H groups in total. The van der Waals surface area contributed by atoms with Gasteiger partial charge in [-0.15, -0.1) is 0 Å². The third kappa shape index (κ3) is 4.29. The minimum Gasteiger partial charge on any atom is -0.382 e. The van der Waals surface area contributed by atoms with Crippen LogP contribution in [-0.2, 0) is 21.5 Å². The summed E-state index contributed by atoms with van der Waals surface area (Å²) in [5, 5.41) is 0. The van der Waals surface area contributed by atoms with Gasteiger partial charge in [0.1, 0.15) is 5.75 Å². The van der Waals surface area contributed by atoms with Gasteiger partial charge in [0.25, 0.3) is 0 Å². The van der Waals surface area contributed by atoms with Crippen LogP contribution in [0.3, 0.4) is 0 Å². The number of nitrogens with zero attached hydrogens (tertiary/aromatic N) is 1. The Hall–Kier alpha value is -1.56. The molecular weight excluding hydrogens is 326 g/mol. The highest BCUT2D eigenvalue weighted by Crippen LogP contribution is 2.34. The van der Waals surface area contributed by atoms with Crippen molar-refractivity contribution in [3.63, 3.8) is 0 Å². The molecular formula is C18H25NO4S. The van der Waals surface area contributed by atoms with Crippen molar-refractivity contribution in [2.24, 2.45) is 11.8 Å². The lowest BCUT2D eigenvalue weighted by atomic mass is 9.84. The quantitative estimate of drug-likeness (QED) is 0.676. The smallest absolute Gasteiger partial charge is 0.308 e. The number of benzene rings is 1. The molecule has 0 unspecified atom stereocenters. The summed E-state index contributed by atoms with van der Waals surface area (Å²) in [5.74, 6) is 1.22. The molecule has 1 amide bonds. The molecule has 2 saturated carbocycles. The first-order chi connectivity index (χ1) is 11.5. The third-order valence-electron chi connectivity index (χ3n) is 4.85. The molecule has 0 saturated heterocycles. The van der Waals surface area contributed by atoms with Gasteiger partial charge in [-0.05, 0) is 44.6 Å². The predicted molar refractivity (Wildman–Crippen MR) is 92.0 cm³/mol. The number of carbonyl (C=O) groups is 1. The highest BCUT2D eigenvalue weighted by Gasteiger charge is 2.33. The van der Waals surface area contributed by atoms with E-state index in [0.29, 0.717) is 18.2 Å². The topological polar surface area (TPSA) is 63.7 Å². The van der Waals surface area contributed by atoms with Crippen LogP contribution in [0.5, 0.6) is 5.75 Å². The predicted octanol–water partition coefficient (Wildman–Crippen LogP) is 2.95. The van der Waals surface area contributed by atoms with E-state index in [1.165, 1.54) is 12.8 Å². The number of hydrogen-bond donors (Lipinski definition) is 0. The molecule has 2 aliphatic rings. The van der Waals surface area contributed by atoms with Gasteiger partial charge in [0, 0.05) is 24.6 Å². The Morgan fingerprint density at radius 3 is 2.50 bits per heavy atom. The first kappa shape index (κ1) is 17.3. The molecule has 0 spiro atoms. The summed E-state index contributed by atoms with van der Waals surface area (Å²) in [6.07, 6.45) is 5.43. The fourth-order valence-electron chi connectivity index (χ4n) is 2.88. The summed E-state index contributed by atoms with van der Waals surface area (Å²) >= 11 is 0. The van der Waals surface area contributed by atoms with Crippen LogP contribution in [0.4, 0.5) is 0 Å². The largest absolute Gasteiger partial charge is 0.382 e. The van der Waals surface area contributed by atoms with E-state index < -0.39 is 10.1 Å². The standard InChI is InChI=1S/C18H25NO4S/c1-2-24(21,22)23-17-9-4-3-6-16(17)13-19(12-14-10-11-14)18(20)15-7-5-8-15/h3-4,6,9,14-15H,2,5,7-8,10-13H2,1H3. The summed E-state index contributed by atoms with van der Waals surface area (Å²) in [5.41, 5.74) is 0.753. The number of hydrogen-bond acceptors (Lipinski definition) is 4. The fraction of sp³-hybridized carbons (Fsp3) is 0.611. The fourth-order valence-corrected chi connectivity index (χ4v) is 3.43. The highest BCUT2D eigenvalue weighted by atomic mass is 32.2. The second-order valence-corrected chi connectivity index (χ2v) is 8.69. The first-order valence-corrected chi connectivity index (χ1v) is 10.3. The van der Waals surface area contributed by atoms with Crippen molar-refractivity contribution in [2.75, 3.05) is 12.3 Å². The van der Waals surface area contributed by atoms with Crippen LogP contribution in [-0.4, -0.2) is 31.5 Å². The molecule has 0 bridgehead atoms. The van der Waals surface area contributed by atoms with E-state index in [0.717, 1.165) is 31.4 Å². The van der Waals surface area contributed by atoms with Crippen LogP contribution in [0.25, 0.3) is 0 Å². The maximum Gasteiger partial charge on any atom is 0.308 e. The maximum absolute atomic E-state index is 12.7. The van der Waals surface area contributed by atoms with Gasteiger partial charge in [-0.1, -0.05) is 24.6 Å². The molecule has 0 heterocycles. The molecule has 2 fully saturated rings. The van der Waals surface area contributed by atoms with Crippen molar-refractivity contribution >= 4 is 16.0 Å². The van der Waals surface area contributed by atoms with Crippen LogP contribution in [0, 0.1) is 11.8 Å². The number of para-hydroxylation sites is 1. The van der Waals surface area contributed by atoms with Gasteiger partial charge in [-0.3, -0.25) is 4.79 Å². The monoisotopic (exact) mass is 351 g/mol. The maximum atomic E-state index is 12.7. The van der Waals surface area contributed by atoms with E-state index in [1.54, 1.807) is 19.1 Å². The Kier molecular flexibility index (Phi) is 5.13. The van der Waals surface area contributed by atoms with Gasteiger partial charge in [-0.25, -0.2) is 0 Å². The Balaban J connectivity index is 1.77. The van der Waals surface area contributed by atoms with Crippen molar-refractivity contribution in [1.82, 2.24) is 4.90 Å². The molecule has 0 atom stereocenters. The molecule has 0 aliphatic heterocycles. The van der Waals surface area contributed by atoms with E-state index in [4.69, 9.17) is 4.18 Å². The molecule has 1 aromatic carbocycles. The van der Waals surface area contributed by atoms with Gasteiger partial charge in [-0.2, -0.15) is 8.42 Å². The summed E-state index contributed by atoms with van der Waals surface area (Å²) < 4.78 is 28.8. The zero-order chi connectivity index (χ0) is 17.2. The van der Waals surface area contributed by atoms with Crippen molar-refractivity contribution in [3.8, 4) is 5.75 Å². The van der Waals surface area contributed by atoms with Crippen molar-refractivity contribution in [2.45, 2.75) is 45.6 Å². The Morgan fingerprint density at radius 2 is 1.92 bits per heavy atom. The van der Waals surface area contributed by atoms with Gasteiger partial charge in [0.15, 0.2) is 0 Å². The second kappa shape index (κ2) is 7.13. The summed E-state index contributed by atoms with van der Waals surface area (Å²) in [6.45, 7) is 2.74. The van der Waals surface area contributed by atoms with E-state index in [2.05, 4.69) is 0 Å². The van der Waals surface area contributed by atoms with Crippen LogP contribution in [0.1, 0.15) is 44.6 Å². The van der Waals surface area contributed by atoms with Crippen LogP contribution >= 0.6 is 0 Å². The van der Waals surface area contributed by atoms with E-state index in [9.17, 15) is 13.2 Å². The summed E-state index contributed by atoms with van der Waals surface area (Å²) in [7, 11) is -3.58. The SMILES string of the molecule is CCS(=O)(=O)Oc1ccccc1CN(CC1CC1)C(=O)C1CCC1. The number of carbonyl (C=O) groups excluding carboxylic acids is 1. The van der Waals surface area contributed by atoms with Crippen LogP contribution < -0.4 is 4.18 Å². The average Bonchev–Trinajstić information content (AvgIpc) is 3.30. The molecule has 0 radical (unpaired) electrons. The third-order valence-corrected chi connectivity index (χ3v) is 5.99. The number of amides is 1. The molecule has 3 rings (SSSR count). The van der Waals surface area contributed by atoms with Crippen molar-refractivity contribution < 1.29 is 17.4 Å². The Labute approximate surface area is 144 Å². The van der Waals surface area contributed by atoms with Crippen molar-refractivity contribution in [3.05, 3.63) is 29.8 Å². The molecule has 0 aromatic heterocycles.